The van der Waals surface area contributed by atoms with Crippen LogP contribution in [0.4, 0.5) is 0 Å². The molecule has 5 heteroatoms. The van der Waals surface area contributed by atoms with E-state index in [0.717, 1.165) is 19.3 Å². The Hall–Kier alpha value is -2.04. The molecule has 1 atom stereocenters. The number of nitrogens with two attached hydrogens (primary N) is 1. The summed E-state index contributed by atoms with van der Waals surface area (Å²) in [5, 5.41) is 2.94. The van der Waals surface area contributed by atoms with Gasteiger partial charge in [0.2, 0.25) is 5.91 Å². The highest BCUT2D eigenvalue weighted by molar-refractivity contribution is 5.79. The van der Waals surface area contributed by atoms with Crippen molar-refractivity contribution in [1.29, 1.82) is 0 Å². The Balaban J connectivity index is 2.12. The van der Waals surface area contributed by atoms with E-state index >= 15 is 0 Å². The maximum Gasteiger partial charge on any atom is 0.258 e. The molecule has 0 bridgehead atoms. The van der Waals surface area contributed by atoms with Crippen LogP contribution < -0.4 is 15.8 Å². The number of ether oxygens (including phenoxy) is 1. The maximum atomic E-state index is 12.3. The van der Waals surface area contributed by atoms with Gasteiger partial charge in [-0.15, -0.1) is 0 Å². The summed E-state index contributed by atoms with van der Waals surface area (Å²) in [5.41, 5.74) is 6.86. The monoisotopic (exact) mass is 615 g/mol. The summed E-state index contributed by atoms with van der Waals surface area (Å²) in [6.07, 6.45) is 32.8. The van der Waals surface area contributed by atoms with Gasteiger partial charge in [0.05, 0.1) is 0 Å². The van der Waals surface area contributed by atoms with Crippen LogP contribution in [0.2, 0.25) is 0 Å². The first-order chi connectivity index (χ1) is 21.6. The van der Waals surface area contributed by atoms with Crippen molar-refractivity contribution in [3.8, 4) is 5.75 Å². The van der Waals surface area contributed by atoms with Gasteiger partial charge in [-0.25, -0.2) is 0 Å². The quantitative estimate of drug-likeness (QED) is 0.0792. The van der Waals surface area contributed by atoms with Gasteiger partial charge in [0.1, 0.15) is 5.75 Å². The van der Waals surface area contributed by atoms with E-state index in [2.05, 4.69) is 25.2 Å². The number of aryl methyl sites for hydroxylation is 1. The number of carbonyl (C=O) groups excluding carboxylic acids is 2. The number of hydrogen-bond donors (Lipinski definition) is 2. The molecule has 3 N–H and O–H groups in total. The minimum Gasteiger partial charge on any atom is -0.481 e. The van der Waals surface area contributed by atoms with Crippen LogP contribution in [-0.2, 0) is 16.0 Å². The molecule has 0 radical (unpaired) electrons. The molecule has 44 heavy (non-hydrogen) atoms. The first-order valence-corrected chi connectivity index (χ1v) is 18.9. The molecule has 0 spiro atoms. The van der Waals surface area contributed by atoms with Crippen LogP contribution in [0, 0.1) is 0 Å². The number of nitrogens with one attached hydrogen (secondary N) is 1. The fraction of sp³-hybridized carbons (Fsp3) is 0.795. The van der Waals surface area contributed by atoms with Gasteiger partial charge in [0, 0.05) is 19.4 Å². The summed E-state index contributed by atoms with van der Waals surface area (Å²) in [5.74, 6) is 0.226. The molecule has 1 unspecified atom stereocenters. The van der Waals surface area contributed by atoms with Crippen LogP contribution in [0.5, 0.6) is 5.75 Å². The standard InChI is InChI=1S/C39H70N2O3/c1-3-5-7-9-11-13-15-16-18-19-21-23-25-28-35-29-27-30-36(34-35)44-37(39(40)43)32-33-41-38(42)31-26-24-22-20-17-14-12-10-8-6-4-2/h27,29-30,34,37H,3-26,28,31-33H2,1-2H3,(H2,40,43)(H,41,42). The van der Waals surface area contributed by atoms with Crippen molar-refractivity contribution in [3.63, 3.8) is 0 Å². The van der Waals surface area contributed by atoms with Crippen LogP contribution >= 0.6 is 0 Å². The van der Waals surface area contributed by atoms with Crippen LogP contribution in [0.15, 0.2) is 24.3 Å². The molecule has 5 nitrogen and oxygen atoms in total. The number of unbranched alkanes of at least 4 members (excludes halogenated alkanes) is 22. The highest BCUT2D eigenvalue weighted by Crippen LogP contribution is 2.19. The zero-order chi connectivity index (χ0) is 31.9. The van der Waals surface area contributed by atoms with Crippen molar-refractivity contribution in [2.24, 2.45) is 5.73 Å². The number of amides is 2. The Morgan fingerprint density at radius 1 is 0.659 bits per heavy atom. The van der Waals surface area contributed by atoms with Crippen molar-refractivity contribution in [2.75, 3.05) is 6.54 Å². The fourth-order valence-corrected chi connectivity index (χ4v) is 5.93. The average molecular weight is 615 g/mol. The van der Waals surface area contributed by atoms with Crippen LogP contribution in [0.3, 0.4) is 0 Å². The van der Waals surface area contributed by atoms with Crippen molar-refractivity contribution in [1.82, 2.24) is 5.32 Å². The van der Waals surface area contributed by atoms with Gasteiger partial charge in [0.25, 0.3) is 5.91 Å². The van der Waals surface area contributed by atoms with E-state index in [1.54, 1.807) is 0 Å². The first-order valence-electron chi connectivity index (χ1n) is 18.9. The molecule has 0 aromatic heterocycles. The summed E-state index contributed by atoms with van der Waals surface area (Å²) < 4.78 is 5.96. The average Bonchev–Trinajstić information content (AvgIpc) is 3.01. The maximum absolute atomic E-state index is 12.3. The SMILES string of the molecule is CCCCCCCCCCCCCCCc1cccc(OC(CCNC(=O)CCCCCCCCCCCCC)C(N)=O)c1. The molecule has 2 amide bonds. The van der Waals surface area contributed by atoms with Crippen molar-refractivity contribution in [3.05, 3.63) is 29.8 Å². The van der Waals surface area contributed by atoms with Gasteiger partial charge < -0.3 is 15.8 Å². The smallest absolute Gasteiger partial charge is 0.258 e. The molecule has 254 valence electrons. The van der Waals surface area contributed by atoms with Crippen molar-refractivity contribution >= 4 is 11.8 Å². The van der Waals surface area contributed by atoms with E-state index in [4.69, 9.17) is 10.5 Å². The summed E-state index contributed by atoms with van der Waals surface area (Å²) in [7, 11) is 0. The number of benzene rings is 1. The van der Waals surface area contributed by atoms with Crippen LogP contribution in [0.1, 0.15) is 186 Å². The normalized spacial score (nSPS) is 11.9. The second-order valence-electron chi connectivity index (χ2n) is 13.1. The van der Waals surface area contributed by atoms with E-state index in [-0.39, 0.29) is 5.91 Å². The third-order valence-electron chi connectivity index (χ3n) is 8.80. The lowest BCUT2D eigenvalue weighted by Crippen LogP contribution is -2.37. The van der Waals surface area contributed by atoms with Crippen LogP contribution in [0.25, 0.3) is 0 Å². The van der Waals surface area contributed by atoms with E-state index in [0.29, 0.717) is 25.1 Å². The second-order valence-corrected chi connectivity index (χ2v) is 13.1. The van der Waals surface area contributed by atoms with Crippen LogP contribution in [-0.4, -0.2) is 24.5 Å². The van der Waals surface area contributed by atoms with E-state index in [9.17, 15) is 9.59 Å². The molecule has 0 aliphatic carbocycles. The summed E-state index contributed by atoms with van der Waals surface area (Å²) in [6, 6.07) is 8.03. The number of rotatable bonds is 32. The molecule has 1 aromatic rings. The van der Waals surface area contributed by atoms with Crippen molar-refractivity contribution in [2.45, 2.75) is 193 Å². The second kappa shape index (κ2) is 29.7. The molecule has 0 saturated heterocycles. The molecule has 1 aromatic carbocycles. The molecular weight excluding hydrogens is 544 g/mol. The Labute approximate surface area is 272 Å². The van der Waals surface area contributed by atoms with Gasteiger partial charge in [-0.3, -0.25) is 9.59 Å². The summed E-state index contributed by atoms with van der Waals surface area (Å²) >= 11 is 0. The largest absolute Gasteiger partial charge is 0.481 e. The van der Waals surface area contributed by atoms with Gasteiger partial charge in [-0.05, 0) is 37.0 Å². The molecule has 0 heterocycles. The number of hydrogen-bond acceptors (Lipinski definition) is 3. The van der Waals surface area contributed by atoms with E-state index in [1.807, 2.05) is 18.2 Å². The van der Waals surface area contributed by atoms with E-state index < -0.39 is 12.0 Å². The Bertz CT molecular complexity index is 812. The molecule has 0 fully saturated rings. The first kappa shape index (κ1) is 40.0. The van der Waals surface area contributed by atoms with E-state index in [1.165, 1.54) is 147 Å². The third-order valence-corrected chi connectivity index (χ3v) is 8.80. The molecule has 0 aliphatic rings. The third kappa shape index (κ3) is 24.3. The Kier molecular flexibility index (Phi) is 27.0. The number of carbonyl (C=O) groups is 2. The minimum absolute atomic E-state index is 0.0453. The van der Waals surface area contributed by atoms with Gasteiger partial charge in [-0.1, -0.05) is 167 Å². The van der Waals surface area contributed by atoms with Gasteiger partial charge in [0.15, 0.2) is 6.10 Å². The zero-order valence-corrected chi connectivity index (χ0v) is 29.0. The van der Waals surface area contributed by atoms with Gasteiger partial charge in [-0.2, -0.15) is 0 Å². The minimum atomic E-state index is -0.746. The fourth-order valence-electron chi connectivity index (χ4n) is 5.93. The zero-order valence-electron chi connectivity index (χ0n) is 29.0. The topological polar surface area (TPSA) is 81.4 Å². The number of primary amides is 1. The van der Waals surface area contributed by atoms with Gasteiger partial charge >= 0.3 is 0 Å². The Morgan fingerprint density at radius 3 is 1.59 bits per heavy atom. The lowest BCUT2D eigenvalue weighted by atomic mass is 10.0. The lowest BCUT2D eigenvalue weighted by molar-refractivity contribution is -0.126. The molecule has 0 saturated carbocycles. The summed E-state index contributed by atoms with van der Waals surface area (Å²) in [4.78, 5) is 24.3. The molecular formula is C39H70N2O3. The van der Waals surface area contributed by atoms with Crippen molar-refractivity contribution < 1.29 is 14.3 Å². The predicted octanol–water partition coefficient (Wildman–Crippen LogP) is 10.8. The highest BCUT2D eigenvalue weighted by atomic mass is 16.5. The summed E-state index contributed by atoms with van der Waals surface area (Å²) in [6.45, 7) is 4.93. The highest BCUT2D eigenvalue weighted by Gasteiger charge is 2.17. The predicted molar refractivity (Wildman–Crippen MR) is 188 cm³/mol. The lowest BCUT2D eigenvalue weighted by Gasteiger charge is -2.17. The molecule has 1 rings (SSSR count). The Morgan fingerprint density at radius 2 is 1.11 bits per heavy atom. The molecule has 0 aliphatic heterocycles.